The third-order valence-electron chi connectivity index (χ3n) is 3.70. The second-order valence-electron chi connectivity index (χ2n) is 5.29. The van der Waals surface area contributed by atoms with Gasteiger partial charge in [0.1, 0.15) is 4.90 Å². The molecular formula is C17H17Cl3N2O3S. The molecule has 9 heteroatoms. The molecule has 1 N–H and O–H groups in total. The van der Waals surface area contributed by atoms with Crippen LogP contribution in [0.15, 0.2) is 41.3 Å². The van der Waals surface area contributed by atoms with Crippen molar-refractivity contribution in [3.63, 3.8) is 0 Å². The maximum Gasteiger partial charge on any atom is 0.258 e. The predicted molar refractivity (Wildman–Crippen MR) is 106 cm³/mol. The molecule has 0 fully saturated rings. The predicted octanol–water partition coefficient (Wildman–Crippen LogP) is 4.93. The number of amides is 1. The Morgan fingerprint density at radius 2 is 1.58 bits per heavy atom. The quantitative estimate of drug-likeness (QED) is 0.699. The van der Waals surface area contributed by atoms with Crippen LogP contribution in [-0.2, 0) is 10.0 Å². The number of carbonyl (C=O) groups excluding carboxylic acids is 1. The van der Waals surface area contributed by atoms with E-state index < -0.39 is 15.9 Å². The summed E-state index contributed by atoms with van der Waals surface area (Å²) < 4.78 is 26.7. The van der Waals surface area contributed by atoms with Gasteiger partial charge in [0.2, 0.25) is 10.0 Å². The smallest absolute Gasteiger partial charge is 0.258 e. The minimum atomic E-state index is -3.77. The van der Waals surface area contributed by atoms with Crippen LogP contribution in [0.5, 0.6) is 0 Å². The Balaban J connectivity index is 2.40. The first kappa shape index (κ1) is 21.0. The molecule has 2 aromatic rings. The number of halogens is 3. The van der Waals surface area contributed by atoms with Crippen molar-refractivity contribution < 1.29 is 13.2 Å². The highest BCUT2D eigenvalue weighted by molar-refractivity contribution is 7.89. The third-order valence-corrected chi connectivity index (χ3v) is 6.86. The molecule has 2 aromatic carbocycles. The summed E-state index contributed by atoms with van der Waals surface area (Å²) in [6.45, 7) is 4.09. The second kappa shape index (κ2) is 8.59. The molecule has 0 spiro atoms. The van der Waals surface area contributed by atoms with E-state index in [4.69, 9.17) is 34.8 Å². The Labute approximate surface area is 167 Å². The van der Waals surface area contributed by atoms with Gasteiger partial charge in [0.15, 0.2) is 0 Å². The van der Waals surface area contributed by atoms with Crippen molar-refractivity contribution in [3.8, 4) is 0 Å². The molecule has 2 rings (SSSR count). The van der Waals surface area contributed by atoms with E-state index in [0.29, 0.717) is 13.1 Å². The lowest BCUT2D eigenvalue weighted by atomic mass is 10.2. The third kappa shape index (κ3) is 4.32. The van der Waals surface area contributed by atoms with Crippen molar-refractivity contribution in [2.45, 2.75) is 18.7 Å². The zero-order valence-electron chi connectivity index (χ0n) is 14.1. The van der Waals surface area contributed by atoms with Gasteiger partial charge in [-0.15, -0.1) is 0 Å². The van der Waals surface area contributed by atoms with Gasteiger partial charge in [-0.25, -0.2) is 8.42 Å². The van der Waals surface area contributed by atoms with E-state index in [1.165, 1.54) is 22.5 Å². The number of hydrogen-bond donors (Lipinski definition) is 1. The van der Waals surface area contributed by atoms with E-state index in [1.807, 2.05) is 0 Å². The van der Waals surface area contributed by atoms with E-state index in [1.54, 1.807) is 32.0 Å². The number of benzene rings is 2. The van der Waals surface area contributed by atoms with Crippen LogP contribution in [0.1, 0.15) is 24.2 Å². The minimum absolute atomic E-state index is 0.0747. The van der Waals surface area contributed by atoms with Crippen molar-refractivity contribution in [3.05, 3.63) is 57.0 Å². The molecule has 0 atom stereocenters. The molecule has 26 heavy (non-hydrogen) atoms. The first-order valence-corrected chi connectivity index (χ1v) is 10.3. The second-order valence-corrected chi connectivity index (χ2v) is 8.41. The van der Waals surface area contributed by atoms with Crippen LogP contribution in [0.2, 0.25) is 15.1 Å². The van der Waals surface area contributed by atoms with Crippen LogP contribution in [0, 0.1) is 0 Å². The first-order valence-electron chi connectivity index (χ1n) is 7.77. The first-order chi connectivity index (χ1) is 12.2. The zero-order valence-corrected chi connectivity index (χ0v) is 17.2. The summed E-state index contributed by atoms with van der Waals surface area (Å²) in [7, 11) is -3.77. The number of nitrogens with zero attached hydrogens (tertiary/aromatic N) is 1. The largest absolute Gasteiger partial charge is 0.322 e. The van der Waals surface area contributed by atoms with E-state index in [9.17, 15) is 13.2 Å². The van der Waals surface area contributed by atoms with Gasteiger partial charge >= 0.3 is 0 Å². The fraction of sp³-hybridized carbons (Fsp3) is 0.235. The van der Waals surface area contributed by atoms with Gasteiger partial charge in [-0.05, 0) is 30.3 Å². The molecule has 0 unspecified atom stereocenters. The van der Waals surface area contributed by atoms with Crippen LogP contribution in [0.3, 0.4) is 0 Å². The van der Waals surface area contributed by atoms with Crippen molar-refractivity contribution >= 4 is 56.4 Å². The van der Waals surface area contributed by atoms with Crippen LogP contribution >= 0.6 is 34.8 Å². The van der Waals surface area contributed by atoms with E-state index in [2.05, 4.69) is 5.32 Å². The number of rotatable bonds is 6. The van der Waals surface area contributed by atoms with Gasteiger partial charge in [0.25, 0.3) is 5.91 Å². The maximum absolute atomic E-state index is 12.7. The van der Waals surface area contributed by atoms with Crippen LogP contribution < -0.4 is 5.32 Å². The number of carbonyl (C=O) groups is 1. The van der Waals surface area contributed by atoms with Gasteiger partial charge in [-0.2, -0.15) is 4.31 Å². The molecule has 0 aliphatic rings. The van der Waals surface area contributed by atoms with Crippen molar-refractivity contribution in [2.24, 2.45) is 0 Å². The number of hydrogen-bond acceptors (Lipinski definition) is 3. The molecule has 5 nitrogen and oxygen atoms in total. The SMILES string of the molecule is CCN(CC)S(=O)(=O)c1cc(NC(=O)c2c(Cl)cccc2Cl)ccc1Cl. The molecule has 0 heterocycles. The van der Waals surface area contributed by atoms with E-state index in [-0.39, 0.29) is 31.2 Å². The Hall–Kier alpha value is -1.31. The summed E-state index contributed by atoms with van der Waals surface area (Å²) in [4.78, 5) is 12.4. The lowest BCUT2D eigenvalue weighted by Crippen LogP contribution is -2.30. The van der Waals surface area contributed by atoms with Crippen LogP contribution in [-0.4, -0.2) is 31.7 Å². The number of sulfonamides is 1. The lowest BCUT2D eigenvalue weighted by molar-refractivity contribution is 0.102. The normalized spacial score (nSPS) is 11.6. The molecule has 0 bridgehead atoms. The molecular weight excluding hydrogens is 419 g/mol. The Morgan fingerprint density at radius 3 is 2.12 bits per heavy atom. The fourth-order valence-corrected chi connectivity index (χ4v) is 4.92. The number of anilines is 1. The molecule has 1 amide bonds. The van der Waals surface area contributed by atoms with Gasteiger partial charge < -0.3 is 5.32 Å². The Bertz CT molecular complexity index is 909. The van der Waals surface area contributed by atoms with E-state index >= 15 is 0 Å². The van der Waals surface area contributed by atoms with Crippen LogP contribution in [0.25, 0.3) is 0 Å². The van der Waals surface area contributed by atoms with Crippen molar-refractivity contribution in [1.82, 2.24) is 4.31 Å². The maximum atomic E-state index is 12.7. The van der Waals surface area contributed by atoms with Crippen molar-refractivity contribution in [1.29, 1.82) is 0 Å². The van der Waals surface area contributed by atoms with Gasteiger partial charge in [0, 0.05) is 18.8 Å². The molecule has 0 radical (unpaired) electrons. The van der Waals surface area contributed by atoms with Crippen molar-refractivity contribution in [2.75, 3.05) is 18.4 Å². The van der Waals surface area contributed by atoms with E-state index in [0.717, 1.165) is 0 Å². The van der Waals surface area contributed by atoms with Gasteiger partial charge in [-0.3, -0.25) is 4.79 Å². The topological polar surface area (TPSA) is 66.5 Å². The fourth-order valence-electron chi connectivity index (χ4n) is 2.39. The molecule has 0 aliphatic heterocycles. The van der Waals surface area contributed by atoms with Crippen LogP contribution in [0.4, 0.5) is 5.69 Å². The summed E-state index contributed by atoms with van der Waals surface area (Å²) in [6.07, 6.45) is 0. The summed E-state index contributed by atoms with van der Waals surface area (Å²) in [5.74, 6) is -0.547. The average molecular weight is 436 g/mol. The molecule has 0 saturated heterocycles. The highest BCUT2D eigenvalue weighted by atomic mass is 35.5. The Kier molecular flexibility index (Phi) is 6.93. The van der Waals surface area contributed by atoms with Gasteiger partial charge in [-0.1, -0.05) is 54.7 Å². The monoisotopic (exact) mass is 434 g/mol. The zero-order chi connectivity index (χ0) is 19.5. The molecule has 140 valence electrons. The molecule has 0 aromatic heterocycles. The lowest BCUT2D eigenvalue weighted by Gasteiger charge is -2.20. The summed E-state index contributed by atoms with van der Waals surface area (Å²) in [5, 5.41) is 3.07. The highest BCUT2D eigenvalue weighted by Crippen LogP contribution is 2.29. The standard InChI is InChI=1S/C17H17Cl3N2O3S/c1-3-22(4-2)26(24,25)15-10-11(8-9-12(15)18)21-17(23)16-13(19)6-5-7-14(16)20/h5-10H,3-4H2,1-2H3,(H,21,23). The average Bonchev–Trinajstić information content (AvgIpc) is 2.57. The highest BCUT2D eigenvalue weighted by Gasteiger charge is 2.25. The summed E-state index contributed by atoms with van der Waals surface area (Å²) >= 11 is 18.1. The Morgan fingerprint density at radius 1 is 1.00 bits per heavy atom. The minimum Gasteiger partial charge on any atom is -0.322 e. The summed E-state index contributed by atoms with van der Waals surface area (Å²) in [6, 6.07) is 8.95. The molecule has 0 saturated carbocycles. The number of nitrogens with one attached hydrogen (secondary N) is 1. The van der Waals surface area contributed by atoms with Gasteiger partial charge in [0.05, 0.1) is 20.6 Å². The molecule has 0 aliphatic carbocycles. The summed E-state index contributed by atoms with van der Waals surface area (Å²) in [5.41, 5.74) is 0.375.